The van der Waals surface area contributed by atoms with Crippen LogP contribution in [0.1, 0.15) is 16.1 Å². The van der Waals surface area contributed by atoms with E-state index >= 15 is 0 Å². The van der Waals surface area contributed by atoms with Gasteiger partial charge in [-0.25, -0.2) is 4.98 Å². The number of benzene rings is 1. The van der Waals surface area contributed by atoms with Crippen molar-refractivity contribution in [3.05, 3.63) is 65.4 Å². The van der Waals surface area contributed by atoms with Gasteiger partial charge in [-0.05, 0) is 17.7 Å². The zero-order chi connectivity index (χ0) is 16.1. The first-order valence-electron chi connectivity index (χ1n) is 7.21. The third-order valence-electron chi connectivity index (χ3n) is 3.33. The van der Waals surface area contributed by atoms with Crippen molar-refractivity contribution in [2.24, 2.45) is 0 Å². The van der Waals surface area contributed by atoms with Gasteiger partial charge in [0, 0.05) is 18.5 Å². The molecule has 0 atom stereocenters. The molecule has 0 fully saturated rings. The number of aromatic nitrogens is 1. The second kappa shape index (κ2) is 7.21. The molecule has 0 radical (unpaired) electrons. The zero-order valence-electron chi connectivity index (χ0n) is 12.4. The molecule has 118 valence electrons. The number of hydrogen-bond acceptors (Lipinski definition) is 5. The summed E-state index contributed by atoms with van der Waals surface area (Å²) >= 11 is 1.36. The van der Waals surface area contributed by atoms with Crippen LogP contribution in [-0.2, 0) is 6.54 Å². The maximum Gasteiger partial charge on any atom is 0.273 e. The fourth-order valence-corrected chi connectivity index (χ4v) is 2.98. The van der Waals surface area contributed by atoms with Crippen LogP contribution in [0.3, 0.4) is 0 Å². The summed E-state index contributed by atoms with van der Waals surface area (Å²) in [5, 5.41) is 11.6. The van der Waals surface area contributed by atoms with Gasteiger partial charge >= 0.3 is 0 Å². The van der Waals surface area contributed by atoms with E-state index in [1.54, 1.807) is 22.6 Å². The van der Waals surface area contributed by atoms with Crippen molar-refractivity contribution < 1.29 is 14.3 Å². The van der Waals surface area contributed by atoms with Crippen LogP contribution < -0.4 is 0 Å². The second-order valence-electron chi connectivity index (χ2n) is 4.95. The van der Waals surface area contributed by atoms with Crippen molar-refractivity contribution in [3.63, 3.8) is 0 Å². The van der Waals surface area contributed by atoms with Gasteiger partial charge in [0.15, 0.2) is 10.8 Å². The number of carbonyl (C=O) groups excluding carboxylic acids is 1. The first-order chi connectivity index (χ1) is 11.3. The molecule has 3 rings (SSSR count). The molecular weight excluding hydrogens is 312 g/mol. The third kappa shape index (κ3) is 3.67. The largest absolute Gasteiger partial charge is 0.462 e. The molecule has 1 N–H and O–H groups in total. The molecule has 2 aromatic heterocycles. The molecular formula is C17H16N2O3S. The highest BCUT2D eigenvalue weighted by Gasteiger charge is 2.19. The summed E-state index contributed by atoms with van der Waals surface area (Å²) in [4.78, 5) is 18.6. The molecule has 0 saturated carbocycles. The van der Waals surface area contributed by atoms with E-state index in [0.717, 1.165) is 5.56 Å². The van der Waals surface area contributed by atoms with Crippen molar-refractivity contribution in [2.45, 2.75) is 6.54 Å². The molecule has 5 nitrogen and oxygen atoms in total. The fourth-order valence-electron chi connectivity index (χ4n) is 2.22. The van der Waals surface area contributed by atoms with Gasteiger partial charge in [-0.15, -0.1) is 11.3 Å². The number of furan rings is 1. The highest BCUT2D eigenvalue weighted by Crippen LogP contribution is 2.24. The van der Waals surface area contributed by atoms with Gasteiger partial charge in [0.25, 0.3) is 5.91 Å². The minimum absolute atomic E-state index is 0.0895. The number of rotatable bonds is 6. The normalized spacial score (nSPS) is 10.7. The highest BCUT2D eigenvalue weighted by molar-refractivity contribution is 7.13. The first kappa shape index (κ1) is 15.5. The minimum atomic E-state index is -0.197. The summed E-state index contributed by atoms with van der Waals surface area (Å²) in [5.41, 5.74) is 1.38. The lowest BCUT2D eigenvalue weighted by molar-refractivity contribution is 0.0703. The first-order valence-corrected chi connectivity index (χ1v) is 8.09. The molecule has 23 heavy (non-hydrogen) atoms. The summed E-state index contributed by atoms with van der Waals surface area (Å²) in [7, 11) is 0. The van der Waals surface area contributed by atoms with Crippen LogP contribution in [0.15, 0.2) is 58.5 Å². The zero-order valence-corrected chi connectivity index (χ0v) is 13.2. The summed E-state index contributed by atoms with van der Waals surface area (Å²) in [6.45, 7) is 0.614. The Morgan fingerprint density at radius 2 is 2.04 bits per heavy atom. The van der Waals surface area contributed by atoms with E-state index in [-0.39, 0.29) is 19.1 Å². The Hall–Kier alpha value is -2.44. The Balaban J connectivity index is 1.78. The molecule has 1 aromatic carbocycles. The van der Waals surface area contributed by atoms with E-state index in [4.69, 9.17) is 4.42 Å². The lowest BCUT2D eigenvalue weighted by Gasteiger charge is -2.20. The van der Waals surface area contributed by atoms with Crippen LogP contribution in [0, 0.1) is 0 Å². The monoisotopic (exact) mass is 328 g/mol. The average molecular weight is 328 g/mol. The summed E-state index contributed by atoms with van der Waals surface area (Å²) < 4.78 is 5.30. The van der Waals surface area contributed by atoms with Crippen molar-refractivity contribution in [1.82, 2.24) is 9.88 Å². The van der Waals surface area contributed by atoms with Crippen LogP contribution in [0.2, 0.25) is 0 Å². The maximum absolute atomic E-state index is 12.7. The molecule has 0 aliphatic rings. The average Bonchev–Trinajstić information content (AvgIpc) is 3.26. The topological polar surface area (TPSA) is 66.6 Å². The third-order valence-corrected chi connectivity index (χ3v) is 4.19. The van der Waals surface area contributed by atoms with Crippen LogP contribution in [0.25, 0.3) is 10.8 Å². The molecule has 1 amide bonds. The van der Waals surface area contributed by atoms with Gasteiger partial charge in [0.05, 0.1) is 12.9 Å². The van der Waals surface area contributed by atoms with Gasteiger partial charge in [0.2, 0.25) is 0 Å². The Morgan fingerprint density at radius 3 is 2.74 bits per heavy atom. The minimum Gasteiger partial charge on any atom is -0.462 e. The molecule has 0 saturated heterocycles. The standard InChI is InChI=1S/C17H16N2O3S/c20-9-8-19(11-13-5-2-1-3-6-13)17(21)14-12-23-16(18-14)15-7-4-10-22-15/h1-7,10,12,20H,8-9,11H2. The number of carbonyl (C=O) groups is 1. The Morgan fingerprint density at radius 1 is 1.22 bits per heavy atom. The fraction of sp³-hybridized carbons (Fsp3) is 0.176. The smallest absolute Gasteiger partial charge is 0.273 e. The van der Waals surface area contributed by atoms with Crippen LogP contribution in [-0.4, -0.2) is 34.0 Å². The number of aliphatic hydroxyl groups is 1. The lowest BCUT2D eigenvalue weighted by Crippen LogP contribution is -2.33. The predicted molar refractivity (Wildman–Crippen MR) is 88.1 cm³/mol. The van der Waals surface area contributed by atoms with Gasteiger partial charge in [-0.1, -0.05) is 30.3 Å². The molecule has 0 unspecified atom stereocenters. The molecule has 0 aliphatic carbocycles. The van der Waals surface area contributed by atoms with Crippen molar-refractivity contribution in [1.29, 1.82) is 0 Å². The summed E-state index contributed by atoms with van der Waals surface area (Å²) in [5.74, 6) is 0.447. The lowest BCUT2D eigenvalue weighted by atomic mass is 10.2. The van der Waals surface area contributed by atoms with Crippen LogP contribution in [0.4, 0.5) is 0 Å². The van der Waals surface area contributed by atoms with E-state index in [2.05, 4.69) is 4.98 Å². The van der Waals surface area contributed by atoms with E-state index in [1.807, 2.05) is 36.4 Å². The van der Waals surface area contributed by atoms with E-state index in [1.165, 1.54) is 11.3 Å². The Labute approximate surface area is 137 Å². The van der Waals surface area contributed by atoms with Gasteiger partial charge < -0.3 is 14.4 Å². The van der Waals surface area contributed by atoms with E-state index in [9.17, 15) is 9.90 Å². The molecule has 0 aliphatic heterocycles. The van der Waals surface area contributed by atoms with Crippen molar-refractivity contribution in [2.75, 3.05) is 13.2 Å². The molecule has 6 heteroatoms. The second-order valence-corrected chi connectivity index (χ2v) is 5.81. The maximum atomic E-state index is 12.7. The van der Waals surface area contributed by atoms with Crippen molar-refractivity contribution >= 4 is 17.2 Å². The summed E-state index contributed by atoms with van der Waals surface area (Å²) in [6, 6.07) is 13.3. The molecule has 0 spiro atoms. The molecule has 2 heterocycles. The van der Waals surface area contributed by atoms with E-state index in [0.29, 0.717) is 23.0 Å². The number of amides is 1. The SMILES string of the molecule is O=C(c1csc(-c2ccco2)n1)N(CCO)Cc1ccccc1. The molecule has 0 bridgehead atoms. The van der Waals surface area contributed by atoms with Crippen LogP contribution in [0.5, 0.6) is 0 Å². The number of nitrogens with zero attached hydrogens (tertiary/aromatic N) is 2. The van der Waals surface area contributed by atoms with Gasteiger partial charge in [-0.2, -0.15) is 0 Å². The number of aliphatic hydroxyl groups excluding tert-OH is 1. The van der Waals surface area contributed by atoms with Gasteiger partial charge in [0.1, 0.15) is 5.69 Å². The Kier molecular flexibility index (Phi) is 4.85. The number of thiazole rings is 1. The van der Waals surface area contributed by atoms with Gasteiger partial charge in [-0.3, -0.25) is 4.79 Å². The number of hydrogen-bond donors (Lipinski definition) is 1. The van der Waals surface area contributed by atoms with Crippen LogP contribution >= 0.6 is 11.3 Å². The Bertz CT molecular complexity index is 753. The van der Waals surface area contributed by atoms with E-state index < -0.39 is 0 Å². The highest BCUT2D eigenvalue weighted by atomic mass is 32.1. The summed E-state index contributed by atoms with van der Waals surface area (Å²) in [6.07, 6.45) is 1.58. The molecule has 3 aromatic rings. The predicted octanol–water partition coefficient (Wildman–Crippen LogP) is 3.04. The quantitative estimate of drug-likeness (QED) is 0.755. The van der Waals surface area contributed by atoms with Crippen molar-refractivity contribution in [3.8, 4) is 10.8 Å².